The summed E-state index contributed by atoms with van der Waals surface area (Å²) in [7, 11) is 0. The molecule has 0 bridgehead atoms. The molecule has 5 rings (SSSR count). The van der Waals surface area contributed by atoms with Gasteiger partial charge in [0, 0.05) is 5.56 Å². The number of aryl methyl sites for hydroxylation is 2. The Kier molecular flexibility index (Phi) is 10.5. The molecule has 1 fully saturated rings. The smallest absolute Gasteiger partial charge is 0.322 e. The van der Waals surface area contributed by atoms with Gasteiger partial charge in [-0.1, -0.05) is 79.4 Å². The molecule has 7 heteroatoms. The zero-order valence-corrected chi connectivity index (χ0v) is 24.7. The van der Waals surface area contributed by atoms with E-state index in [9.17, 15) is 9.59 Å². The third-order valence-electron chi connectivity index (χ3n) is 7.70. The number of amides is 1. The monoisotopic (exact) mass is 581 g/mol. The summed E-state index contributed by atoms with van der Waals surface area (Å²) in [4.78, 5) is 21.7. The molecule has 0 aromatic heterocycles. The predicted molar refractivity (Wildman–Crippen MR) is 162 cm³/mol. The summed E-state index contributed by atoms with van der Waals surface area (Å²) < 4.78 is 6.15. The van der Waals surface area contributed by atoms with Crippen molar-refractivity contribution in [3.8, 4) is 16.9 Å². The Balaban J connectivity index is 0.000000212. The van der Waals surface area contributed by atoms with E-state index in [2.05, 4.69) is 49.5 Å². The predicted octanol–water partition coefficient (Wildman–Crippen LogP) is 8.40. The number of aliphatic carboxylic acids is 1. The van der Waals surface area contributed by atoms with Gasteiger partial charge in [0.25, 0.3) is 5.91 Å². The summed E-state index contributed by atoms with van der Waals surface area (Å²) in [5, 5.41) is 10.9. The van der Waals surface area contributed by atoms with Crippen LogP contribution in [0.5, 0.6) is 5.75 Å². The standard InChI is InChI=1S/C24H30O.C9H7Cl2NO3/c1-3-4-12-20-17(2)14-15-21(23(20)18-8-5-9-18)22-13-6-10-19-11-7-16-25-24(19)22;10-5-2-1-3-6(11)8(5)9(15)12-4-7(13)14/h6,10,13-15,18H,3-5,7-9,11-12,16H2,1-2H3;1-3H,4H2,(H,12,15)(H,13,14). The van der Waals surface area contributed by atoms with E-state index >= 15 is 0 Å². The van der Waals surface area contributed by atoms with Crippen molar-refractivity contribution in [2.75, 3.05) is 13.2 Å². The Labute approximate surface area is 246 Å². The van der Waals surface area contributed by atoms with Crippen molar-refractivity contribution in [2.45, 2.75) is 71.1 Å². The topological polar surface area (TPSA) is 75.6 Å². The van der Waals surface area contributed by atoms with Gasteiger partial charge in [0.15, 0.2) is 0 Å². The summed E-state index contributed by atoms with van der Waals surface area (Å²) in [5.41, 5.74) is 8.99. The molecule has 212 valence electrons. The zero-order chi connectivity index (χ0) is 28.6. The lowest BCUT2D eigenvalue weighted by Gasteiger charge is -2.32. The van der Waals surface area contributed by atoms with Gasteiger partial charge in [0.1, 0.15) is 12.3 Å². The third-order valence-corrected chi connectivity index (χ3v) is 8.33. The molecule has 1 aliphatic carbocycles. The van der Waals surface area contributed by atoms with Crippen molar-refractivity contribution in [3.05, 3.63) is 86.4 Å². The third kappa shape index (κ3) is 7.00. The minimum atomic E-state index is -1.13. The second kappa shape index (κ2) is 14.0. The van der Waals surface area contributed by atoms with Crippen molar-refractivity contribution in [1.29, 1.82) is 0 Å². The van der Waals surface area contributed by atoms with Crippen LogP contribution in [0.4, 0.5) is 0 Å². The van der Waals surface area contributed by atoms with Crippen molar-refractivity contribution in [3.63, 3.8) is 0 Å². The van der Waals surface area contributed by atoms with Crippen LogP contribution in [0.1, 0.15) is 84.0 Å². The first-order valence-electron chi connectivity index (χ1n) is 14.1. The molecule has 2 aliphatic rings. The Hall–Kier alpha value is -3.02. The number of carboxylic acid groups (broad SMARTS) is 1. The van der Waals surface area contributed by atoms with E-state index in [0.717, 1.165) is 31.1 Å². The summed E-state index contributed by atoms with van der Waals surface area (Å²) in [6.45, 7) is 4.98. The highest BCUT2D eigenvalue weighted by atomic mass is 35.5. The zero-order valence-electron chi connectivity index (χ0n) is 23.2. The first-order valence-corrected chi connectivity index (χ1v) is 14.9. The molecule has 5 nitrogen and oxygen atoms in total. The number of carbonyl (C=O) groups is 2. The molecule has 2 N–H and O–H groups in total. The van der Waals surface area contributed by atoms with E-state index < -0.39 is 18.4 Å². The molecule has 3 aromatic rings. The molecule has 0 unspecified atom stereocenters. The molecular weight excluding hydrogens is 545 g/mol. The van der Waals surface area contributed by atoms with E-state index in [0.29, 0.717) is 0 Å². The van der Waals surface area contributed by atoms with Crippen molar-refractivity contribution in [2.24, 2.45) is 0 Å². The van der Waals surface area contributed by atoms with Gasteiger partial charge >= 0.3 is 5.97 Å². The van der Waals surface area contributed by atoms with Crippen LogP contribution in [-0.4, -0.2) is 30.1 Å². The fourth-order valence-corrected chi connectivity index (χ4v) is 5.99. The van der Waals surface area contributed by atoms with Gasteiger partial charge in [-0.2, -0.15) is 0 Å². The molecule has 1 aliphatic heterocycles. The average Bonchev–Trinajstić information content (AvgIpc) is 2.91. The molecule has 0 radical (unpaired) electrons. The van der Waals surface area contributed by atoms with Gasteiger partial charge in [0.05, 0.1) is 22.2 Å². The van der Waals surface area contributed by atoms with Gasteiger partial charge in [-0.05, 0) is 91.3 Å². The lowest BCUT2D eigenvalue weighted by molar-refractivity contribution is -0.135. The lowest BCUT2D eigenvalue weighted by Crippen LogP contribution is -2.29. The fraction of sp³-hybridized carbons (Fsp3) is 0.394. The van der Waals surface area contributed by atoms with Gasteiger partial charge in [-0.25, -0.2) is 0 Å². The van der Waals surface area contributed by atoms with Crippen LogP contribution in [0.2, 0.25) is 10.0 Å². The lowest BCUT2D eigenvalue weighted by atomic mass is 9.73. The van der Waals surface area contributed by atoms with Crippen LogP contribution in [0.25, 0.3) is 11.1 Å². The highest BCUT2D eigenvalue weighted by Gasteiger charge is 2.28. The number of halogens is 2. The Morgan fingerprint density at radius 3 is 2.38 bits per heavy atom. The minimum absolute atomic E-state index is 0.0853. The number of ether oxygens (including phenoxy) is 1. The van der Waals surface area contributed by atoms with Crippen molar-refractivity contribution in [1.82, 2.24) is 5.32 Å². The maximum absolute atomic E-state index is 11.4. The number of hydrogen-bond acceptors (Lipinski definition) is 3. The maximum Gasteiger partial charge on any atom is 0.322 e. The quantitative estimate of drug-likeness (QED) is 0.280. The number of benzene rings is 3. The largest absolute Gasteiger partial charge is 0.493 e. The van der Waals surface area contributed by atoms with Crippen LogP contribution >= 0.6 is 23.2 Å². The highest BCUT2D eigenvalue weighted by Crippen LogP contribution is 2.47. The Morgan fingerprint density at radius 2 is 1.73 bits per heavy atom. The van der Waals surface area contributed by atoms with Gasteiger partial charge < -0.3 is 15.2 Å². The number of nitrogens with one attached hydrogen (secondary N) is 1. The second-order valence-corrected chi connectivity index (χ2v) is 11.3. The minimum Gasteiger partial charge on any atom is -0.493 e. The summed E-state index contributed by atoms with van der Waals surface area (Å²) in [5.74, 6) is 0.167. The van der Waals surface area contributed by atoms with Crippen molar-refractivity contribution >= 4 is 35.1 Å². The van der Waals surface area contributed by atoms with Crippen LogP contribution < -0.4 is 10.1 Å². The molecule has 0 atom stereocenters. The first kappa shape index (κ1) is 30.0. The maximum atomic E-state index is 11.4. The van der Waals surface area contributed by atoms with Crippen LogP contribution in [-0.2, 0) is 17.6 Å². The second-order valence-electron chi connectivity index (χ2n) is 10.5. The van der Waals surface area contributed by atoms with Gasteiger partial charge in [-0.15, -0.1) is 0 Å². The molecule has 1 amide bonds. The van der Waals surface area contributed by atoms with Crippen molar-refractivity contribution < 1.29 is 19.4 Å². The van der Waals surface area contributed by atoms with Crippen LogP contribution in [0.3, 0.4) is 0 Å². The molecule has 3 aromatic carbocycles. The Bertz CT molecular complexity index is 1350. The van der Waals surface area contributed by atoms with Gasteiger partial charge in [-0.3, -0.25) is 9.59 Å². The van der Waals surface area contributed by atoms with Crippen LogP contribution in [0.15, 0.2) is 48.5 Å². The SMILES string of the molecule is CCCCc1c(C)ccc(-c2cccc3c2OCCC3)c1C1CCC1.O=C(O)CNC(=O)c1c(Cl)cccc1Cl. The number of hydrogen-bond donors (Lipinski definition) is 2. The summed E-state index contributed by atoms with van der Waals surface area (Å²) in [6, 6.07) is 16.0. The average molecular weight is 583 g/mol. The van der Waals surface area contributed by atoms with Crippen LogP contribution in [0, 0.1) is 6.92 Å². The fourth-order valence-electron chi connectivity index (χ4n) is 5.42. The molecule has 1 saturated carbocycles. The molecule has 1 heterocycles. The highest BCUT2D eigenvalue weighted by molar-refractivity contribution is 6.39. The molecular formula is C33H37Cl2NO4. The number of carbonyl (C=O) groups excluding carboxylic acids is 1. The number of fused-ring (bicyclic) bond motifs is 1. The van der Waals surface area contributed by atoms with E-state index in [-0.39, 0.29) is 15.6 Å². The number of para-hydroxylation sites is 1. The normalized spacial score (nSPS) is 14.2. The summed E-state index contributed by atoms with van der Waals surface area (Å²) in [6.07, 6.45) is 10.1. The number of carboxylic acids is 1. The summed E-state index contributed by atoms with van der Waals surface area (Å²) >= 11 is 11.5. The van der Waals surface area contributed by atoms with E-state index in [1.165, 1.54) is 72.9 Å². The Morgan fingerprint density at radius 1 is 1.00 bits per heavy atom. The van der Waals surface area contributed by atoms with Gasteiger partial charge in [0.2, 0.25) is 0 Å². The first-order chi connectivity index (χ1) is 19.3. The molecule has 0 saturated heterocycles. The molecule has 40 heavy (non-hydrogen) atoms. The molecule has 0 spiro atoms. The van der Waals surface area contributed by atoms with E-state index in [1.807, 2.05) is 0 Å². The van der Waals surface area contributed by atoms with E-state index in [1.54, 1.807) is 17.2 Å². The number of unbranched alkanes of at least 4 members (excludes halogenated alkanes) is 1. The van der Waals surface area contributed by atoms with E-state index in [4.69, 9.17) is 33.0 Å². The number of rotatable bonds is 8.